The highest BCUT2D eigenvalue weighted by Crippen LogP contribution is 2.22. The summed E-state index contributed by atoms with van der Waals surface area (Å²) in [4.78, 5) is 19.5. The Morgan fingerprint density at radius 3 is 2.71 bits per heavy atom. The second-order valence-corrected chi connectivity index (χ2v) is 9.69. The molecule has 1 aromatic carbocycles. The number of benzene rings is 1. The fraction of sp³-hybridized carbons (Fsp3) is 0.0909. The topological polar surface area (TPSA) is 112 Å². The number of aliphatic carboxylic acids is 1. The van der Waals surface area contributed by atoms with Crippen LogP contribution < -0.4 is 4.72 Å². The van der Waals surface area contributed by atoms with Gasteiger partial charge in [0.1, 0.15) is 15.9 Å². The molecule has 31 heavy (non-hydrogen) atoms. The molecule has 156 valence electrons. The number of thiophene rings is 1. The number of carbonyl (C=O) groups is 1. The number of hydrogen-bond donors (Lipinski definition) is 3. The monoisotopic (exact) mass is 451 g/mol. The van der Waals surface area contributed by atoms with Crippen LogP contribution in [0.5, 0.6) is 0 Å². The van der Waals surface area contributed by atoms with E-state index in [0.717, 1.165) is 22.3 Å². The summed E-state index contributed by atoms with van der Waals surface area (Å²) in [6.07, 6.45) is 3.24. The molecule has 4 rings (SSSR count). The van der Waals surface area contributed by atoms with Crippen molar-refractivity contribution in [2.24, 2.45) is 0 Å². The van der Waals surface area contributed by atoms with Gasteiger partial charge in [-0.25, -0.2) is 13.4 Å². The Kier molecular flexibility index (Phi) is 5.86. The number of fused-ring (bicyclic) bond motifs is 1. The first-order chi connectivity index (χ1) is 14.9. The first-order valence-electron chi connectivity index (χ1n) is 9.25. The summed E-state index contributed by atoms with van der Waals surface area (Å²) in [5, 5.41) is 10.4. The van der Waals surface area contributed by atoms with Crippen LogP contribution in [0, 0.1) is 11.8 Å². The Hall–Kier alpha value is -3.45. The third-order valence-electron chi connectivity index (χ3n) is 4.51. The summed E-state index contributed by atoms with van der Waals surface area (Å²) in [6, 6.07) is 14.6. The molecule has 0 aliphatic rings. The number of aromatic nitrogens is 2. The quantitative estimate of drug-likeness (QED) is 0.390. The highest BCUT2D eigenvalue weighted by molar-refractivity contribution is 7.91. The number of pyridine rings is 1. The minimum Gasteiger partial charge on any atom is -0.480 e. The lowest BCUT2D eigenvalue weighted by Crippen LogP contribution is -2.41. The van der Waals surface area contributed by atoms with E-state index in [1.165, 1.54) is 6.07 Å². The number of hydrogen-bond acceptors (Lipinski definition) is 5. The maximum Gasteiger partial charge on any atom is 0.322 e. The largest absolute Gasteiger partial charge is 0.480 e. The maximum atomic E-state index is 12.8. The molecule has 7 nitrogen and oxygen atoms in total. The van der Waals surface area contributed by atoms with Gasteiger partial charge in [0.2, 0.25) is 0 Å². The van der Waals surface area contributed by atoms with Crippen molar-refractivity contribution in [3.8, 4) is 11.8 Å². The van der Waals surface area contributed by atoms with Crippen molar-refractivity contribution in [1.29, 1.82) is 0 Å². The molecule has 3 aromatic heterocycles. The Bertz CT molecular complexity index is 1400. The molecule has 0 saturated heterocycles. The molecule has 0 bridgehead atoms. The molecule has 0 amide bonds. The zero-order valence-corrected chi connectivity index (χ0v) is 17.7. The van der Waals surface area contributed by atoms with E-state index in [9.17, 15) is 18.3 Å². The molecule has 4 aromatic rings. The highest BCUT2D eigenvalue weighted by Gasteiger charge is 2.27. The Labute approximate surface area is 182 Å². The zero-order chi connectivity index (χ0) is 21.8. The predicted molar refractivity (Wildman–Crippen MR) is 118 cm³/mol. The third kappa shape index (κ3) is 4.83. The standard InChI is InChI=1S/C22H17N3O4S2/c26-22(27)19(13-16-14-24-21-18(16)7-4-12-23-21)25-31(28,29)20-11-10-17(30-20)9-8-15-5-2-1-3-6-15/h1-7,10-12,14,19,25H,13H2,(H,23,24)(H,26,27)/t19-/m0/s1. The lowest BCUT2D eigenvalue weighted by molar-refractivity contribution is -0.138. The fourth-order valence-electron chi connectivity index (χ4n) is 3.01. The molecule has 1 atom stereocenters. The van der Waals surface area contributed by atoms with Crippen molar-refractivity contribution >= 4 is 38.4 Å². The molecule has 0 radical (unpaired) electrons. The number of nitrogens with zero attached hydrogens (tertiary/aromatic N) is 1. The van der Waals surface area contributed by atoms with Crippen LogP contribution in [0.4, 0.5) is 0 Å². The average Bonchev–Trinajstić information content (AvgIpc) is 3.40. The normalized spacial score (nSPS) is 12.3. The van der Waals surface area contributed by atoms with Gasteiger partial charge < -0.3 is 10.1 Å². The van der Waals surface area contributed by atoms with E-state index in [2.05, 4.69) is 26.5 Å². The van der Waals surface area contributed by atoms with Gasteiger partial charge in [0.25, 0.3) is 10.0 Å². The van der Waals surface area contributed by atoms with Crippen LogP contribution in [0.25, 0.3) is 11.0 Å². The van der Waals surface area contributed by atoms with E-state index in [4.69, 9.17) is 0 Å². The Morgan fingerprint density at radius 2 is 1.94 bits per heavy atom. The lowest BCUT2D eigenvalue weighted by Gasteiger charge is -2.13. The van der Waals surface area contributed by atoms with Gasteiger partial charge in [0.05, 0.1) is 4.88 Å². The van der Waals surface area contributed by atoms with Crippen molar-refractivity contribution in [2.75, 3.05) is 0 Å². The highest BCUT2D eigenvalue weighted by atomic mass is 32.2. The van der Waals surface area contributed by atoms with Crippen molar-refractivity contribution in [3.63, 3.8) is 0 Å². The predicted octanol–water partition coefficient (Wildman–Crippen LogP) is 3.00. The Balaban J connectivity index is 1.53. The maximum absolute atomic E-state index is 12.8. The van der Waals surface area contributed by atoms with Crippen LogP contribution >= 0.6 is 11.3 Å². The SMILES string of the molecule is O=C(O)[C@H](Cc1c[nH]c2ncccc12)NS(=O)(=O)c1ccc(C#Cc2ccccc2)s1. The number of H-pyrrole nitrogens is 1. The van der Waals surface area contributed by atoms with E-state index >= 15 is 0 Å². The lowest BCUT2D eigenvalue weighted by atomic mass is 10.1. The van der Waals surface area contributed by atoms with Gasteiger partial charge in [-0.2, -0.15) is 4.72 Å². The number of nitrogens with one attached hydrogen (secondary N) is 2. The zero-order valence-electron chi connectivity index (χ0n) is 16.1. The smallest absolute Gasteiger partial charge is 0.322 e. The molecule has 0 unspecified atom stereocenters. The average molecular weight is 452 g/mol. The molecule has 3 N–H and O–H groups in total. The molecular formula is C22H17N3O4S2. The summed E-state index contributed by atoms with van der Waals surface area (Å²) in [5.74, 6) is 4.65. The molecule has 9 heteroatoms. The molecule has 0 aliphatic heterocycles. The molecule has 0 spiro atoms. The van der Waals surface area contributed by atoms with Gasteiger partial charge in [-0.05, 0) is 42.0 Å². The second-order valence-electron chi connectivity index (χ2n) is 6.66. The molecule has 3 heterocycles. The van der Waals surface area contributed by atoms with Gasteiger partial charge in [-0.3, -0.25) is 4.79 Å². The van der Waals surface area contributed by atoms with Gasteiger partial charge >= 0.3 is 5.97 Å². The number of rotatable bonds is 6. The van der Waals surface area contributed by atoms with E-state index in [0.29, 0.717) is 16.1 Å². The van der Waals surface area contributed by atoms with Crippen molar-refractivity contribution in [3.05, 3.63) is 83.0 Å². The van der Waals surface area contributed by atoms with E-state index in [-0.39, 0.29) is 10.6 Å². The summed E-state index contributed by atoms with van der Waals surface area (Å²) in [7, 11) is -4.03. The van der Waals surface area contributed by atoms with E-state index < -0.39 is 22.0 Å². The summed E-state index contributed by atoms with van der Waals surface area (Å²) >= 11 is 0.990. The summed E-state index contributed by atoms with van der Waals surface area (Å²) < 4.78 is 27.9. The summed E-state index contributed by atoms with van der Waals surface area (Å²) in [6.45, 7) is 0. The first kappa shape index (κ1) is 20.8. The van der Waals surface area contributed by atoms with Crippen LogP contribution in [0.2, 0.25) is 0 Å². The summed E-state index contributed by atoms with van der Waals surface area (Å²) in [5.41, 5.74) is 2.10. The first-order valence-corrected chi connectivity index (χ1v) is 11.6. The minimum absolute atomic E-state index is 0.0108. The number of aromatic amines is 1. The Morgan fingerprint density at radius 1 is 1.13 bits per heavy atom. The van der Waals surface area contributed by atoms with Gasteiger partial charge in [-0.1, -0.05) is 30.0 Å². The van der Waals surface area contributed by atoms with Crippen LogP contribution in [0.3, 0.4) is 0 Å². The van der Waals surface area contributed by atoms with Gasteiger partial charge in [-0.15, -0.1) is 11.3 Å². The third-order valence-corrected chi connectivity index (χ3v) is 7.47. The van der Waals surface area contributed by atoms with Gasteiger partial charge in [0.15, 0.2) is 0 Å². The van der Waals surface area contributed by atoms with Crippen molar-refractivity contribution < 1.29 is 18.3 Å². The number of carboxylic acids is 1. The van der Waals surface area contributed by atoms with Crippen LogP contribution in [-0.4, -0.2) is 35.5 Å². The fourth-order valence-corrected chi connectivity index (χ4v) is 5.38. The van der Waals surface area contributed by atoms with E-state index in [1.54, 1.807) is 30.6 Å². The van der Waals surface area contributed by atoms with Crippen LogP contribution in [0.1, 0.15) is 16.0 Å². The second kappa shape index (κ2) is 8.73. The van der Waals surface area contributed by atoms with E-state index in [1.807, 2.05) is 30.3 Å². The number of sulfonamides is 1. The van der Waals surface area contributed by atoms with Gasteiger partial charge in [0, 0.05) is 29.8 Å². The van der Waals surface area contributed by atoms with Crippen molar-refractivity contribution in [1.82, 2.24) is 14.7 Å². The molecular weight excluding hydrogens is 434 g/mol. The molecule has 0 fully saturated rings. The molecule has 0 saturated carbocycles. The number of carboxylic acid groups (broad SMARTS) is 1. The van der Waals surface area contributed by atoms with Crippen LogP contribution in [0.15, 0.2) is 71.2 Å². The van der Waals surface area contributed by atoms with Crippen LogP contribution in [-0.2, 0) is 21.2 Å². The minimum atomic E-state index is -4.03. The van der Waals surface area contributed by atoms with Crippen molar-refractivity contribution in [2.45, 2.75) is 16.7 Å². The molecule has 0 aliphatic carbocycles.